The molecule has 102 valence electrons. The van der Waals surface area contributed by atoms with E-state index in [2.05, 4.69) is 0 Å². The van der Waals surface area contributed by atoms with Crippen molar-refractivity contribution in [3.63, 3.8) is 0 Å². The summed E-state index contributed by atoms with van der Waals surface area (Å²) in [6, 6.07) is 10.1. The Kier molecular flexibility index (Phi) is 3.47. The first-order valence-corrected chi connectivity index (χ1v) is 5.72. The number of benzene rings is 2. The molecule has 0 spiro atoms. The van der Waals surface area contributed by atoms with Crippen molar-refractivity contribution < 1.29 is 20.1 Å². The number of carboxylic acid groups (broad SMARTS) is 1. The summed E-state index contributed by atoms with van der Waals surface area (Å²) in [6.45, 7) is 0. The van der Waals surface area contributed by atoms with E-state index in [9.17, 15) is 25.4 Å². The molecule has 0 aliphatic heterocycles. The topological polar surface area (TPSA) is 125 Å². The highest BCUT2D eigenvalue weighted by Gasteiger charge is 2.20. The Bertz CT molecular complexity index is 829. The van der Waals surface area contributed by atoms with E-state index >= 15 is 0 Å². The Morgan fingerprint density at radius 1 is 1.00 bits per heavy atom. The normalized spacial score (nSPS) is 9.62. The standard InChI is InChI=1S/C15H8N2O4/c16-6-9-1-3-10(11(7-17)14(9)15(20)21)8-2-4-12(18)13(19)5-8/h1-5,18-19H,(H,20,21). The lowest BCUT2D eigenvalue weighted by atomic mass is 9.92. The molecule has 2 aromatic rings. The molecule has 21 heavy (non-hydrogen) atoms. The van der Waals surface area contributed by atoms with Gasteiger partial charge in [-0.15, -0.1) is 0 Å². The molecule has 0 atom stereocenters. The zero-order valence-electron chi connectivity index (χ0n) is 10.5. The second kappa shape index (κ2) is 5.24. The van der Waals surface area contributed by atoms with E-state index in [-0.39, 0.29) is 28.0 Å². The van der Waals surface area contributed by atoms with Crippen LogP contribution in [0.15, 0.2) is 30.3 Å². The highest BCUT2D eigenvalue weighted by atomic mass is 16.4. The van der Waals surface area contributed by atoms with Crippen molar-refractivity contribution in [2.45, 2.75) is 0 Å². The maximum atomic E-state index is 11.3. The Balaban J connectivity index is 2.79. The molecule has 3 N–H and O–H groups in total. The first-order chi connectivity index (χ1) is 9.99. The van der Waals surface area contributed by atoms with E-state index in [1.54, 1.807) is 12.1 Å². The number of hydrogen-bond donors (Lipinski definition) is 3. The number of aromatic hydroxyl groups is 2. The third kappa shape index (κ3) is 2.34. The Morgan fingerprint density at radius 3 is 2.24 bits per heavy atom. The highest BCUT2D eigenvalue weighted by molar-refractivity contribution is 5.96. The molecule has 0 saturated heterocycles. The van der Waals surface area contributed by atoms with Gasteiger partial charge in [0.15, 0.2) is 11.5 Å². The van der Waals surface area contributed by atoms with Gasteiger partial charge in [0, 0.05) is 5.56 Å². The van der Waals surface area contributed by atoms with Crippen LogP contribution < -0.4 is 0 Å². The average Bonchev–Trinajstić information content (AvgIpc) is 2.48. The number of carbonyl (C=O) groups is 1. The lowest BCUT2D eigenvalue weighted by Gasteiger charge is -2.09. The zero-order chi connectivity index (χ0) is 15.6. The van der Waals surface area contributed by atoms with Crippen LogP contribution in [-0.4, -0.2) is 21.3 Å². The summed E-state index contributed by atoms with van der Waals surface area (Å²) in [6.07, 6.45) is 0. The fraction of sp³-hybridized carbons (Fsp3) is 0. The molecule has 0 amide bonds. The Labute approximate surface area is 119 Å². The predicted molar refractivity (Wildman–Crippen MR) is 71.6 cm³/mol. The van der Waals surface area contributed by atoms with Crippen LogP contribution in [0.2, 0.25) is 0 Å². The molecule has 0 unspecified atom stereocenters. The van der Waals surface area contributed by atoms with Crippen molar-refractivity contribution in [3.8, 4) is 34.8 Å². The van der Waals surface area contributed by atoms with Gasteiger partial charge in [-0.2, -0.15) is 10.5 Å². The second-order valence-corrected chi connectivity index (χ2v) is 4.14. The van der Waals surface area contributed by atoms with Gasteiger partial charge in [0.1, 0.15) is 12.1 Å². The lowest BCUT2D eigenvalue weighted by Crippen LogP contribution is -2.05. The van der Waals surface area contributed by atoms with Crippen LogP contribution >= 0.6 is 0 Å². The first kappa shape index (κ1) is 13.9. The van der Waals surface area contributed by atoms with Gasteiger partial charge in [-0.25, -0.2) is 4.79 Å². The molecule has 0 saturated carbocycles. The molecule has 2 aromatic carbocycles. The van der Waals surface area contributed by atoms with Gasteiger partial charge in [-0.1, -0.05) is 12.1 Å². The van der Waals surface area contributed by atoms with Crippen molar-refractivity contribution in [3.05, 3.63) is 47.0 Å². The van der Waals surface area contributed by atoms with Gasteiger partial charge in [0.05, 0.1) is 16.7 Å². The van der Waals surface area contributed by atoms with Crippen LogP contribution in [0.1, 0.15) is 21.5 Å². The molecule has 0 fully saturated rings. The van der Waals surface area contributed by atoms with Crippen molar-refractivity contribution in [2.75, 3.05) is 0 Å². The molecule has 6 heteroatoms. The average molecular weight is 280 g/mol. The van der Waals surface area contributed by atoms with Crippen LogP contribution in [0, 0.1) is 22.7 Å². The van der Waals surface area contributed by atoms with Crippen molar-refractivity contribution >= 4 is 5.97 Å². The van der Waals surface area contributed by atoms with Gasteiger partial charge in [0.25, 0.3) is 0 Å². The van der Waals surface area contributed by atoms with Crippen molar-refractivity contribution in [2.24, 2.45) is 0 Å². The smallest absolute Gasteiger partial charge is 0.338 e. The number of hydrogen-bond acceptors (Lipinski definition) is 5. The van der Waals surface area contributed by atoms with E-state index in [1.165, 1.54) is 30.3 Å². The third-order valence-corrected chi connectivity index (χ3v) is 2.94. The quantitative estimate of drug-likeness (QED) is 0.724. The fourth-order valence-electron chi connectivity index (χ4n) is 1.97. The van der Waals surface area contributed by atoms with Gasteiger partial charge in [0.2, 0.25) is 0 Å². The van der Waals surface area contributed by atoms with E-state index in [4.69, 9.17) is 5.26 Å². The summed E-state index contributed by atoms with van der Waals surface area (Å²) in [4.78, 5) is 11.3. The SMILES string of the molecule is N#Cc1ccc(-c2ccc(O)c(O)c2)c(C#N)c1C(=O)O. The minimum atomic E-state index is -1.38. The van der Waals surface area contributed by atoms with Gasteiger partial charge in [-0.05, 0) is 23.8 Å². The largest absolute Gasteiger partial charge is 0.504 e. The minimum Gasteiger partial charge on any atom is -0.504 e. The molecule has 0 aliphatic rings. The molecule has 2 rings (SSSR count). The van der Waals surface area contributed by atoms with E-state index in [0.29, 0.717) is 5.56 Å². The van der Waals surface area contributed by atoms with Gasteiger partial charge in [-0.3, -0.25) is 0 Å². The van der Waals surface area contributed by atoms with Gasteiger partial charge < -0.3 is 15.3 Å². The van der Waals surface area contributed by atoms with Crippen LogP contribution in [0.4, 0.5) is 0 Å². The number of aromatic carboxylic acids is 1. The van der Waals surface area contributed by atoms with Crippen LogP contribution in [-0.2, 0) is 0 Å². The molecule has 0 radical (unpaired) electrons. The Morgan fingerprint density at radius 2 is 1.71 bits per heavy atom. The third-order valence-electron chi connectivity index (χ3n) is 2.94. The maximum absolute atomic E-state index is 11.3. The number of nitriles is 2. The number of nitrogens with zero attached hydrogens (tertiary/aromatic N) is 2. The van der Waals surface area contributed by atoms with Crippen LogP contribution in [0.25, 0.3) is 11.1 Å². The monoisotopic (exact) mass is 280 g/mol. The first-order valence-electron chi connectivity index (χ1n) is 5.72. The summed E-state index contributed by atoms with van der Waals surface area (Å²) >= 11 is 0. The molecule has 0 bridgehead atoms. The van der Waals surface area contributed by atoms with E-state index in [0.717, 1.165) is 0 Å². The number of rotatable bonds is 2. The molecule has 0 heterocycles. The summed E-state index contributed by atoms with van der Waals surface area (Å²) in [7, 11) is 0. The number of carboxylic acids is 1. The molecular weight excluding hydrogens is 272 g/mol. The summed E-state index contributed by atoms with van der Waals surface area (Å²) < 4.78 is 0. The predicted octanol–water partition coefficient (Wildman–Crippen LogP) is 2.21. The summed E-state index contributed by atoms with van der Waals surface area (Å²) in [5.41, 5.74) is -0.0689. The summed E-state index contributed by atoms with van der Waals surface area (Å²) in [5.74, 6) is -2.10. The van der Waals surface area contributed by atoms with Crippen molar-refractivity contribution in [1.29, 1.82) is 10.5 Å². The molecule has 6 nitrogen and oxygen atoms in total. The highest BCUT2D eigenvalue weighted by Crippen LogP contribution is 2.33. The molecule has 0 aliphatic carbocycles. The lowest BCUT2D eigenvalue weighted by molar-refractivity contribution is 0.0696. The van der Waals surface area contributed by atoms with Crippen LogP contribution in [0.3, 0.4) is 0 Å². The number of phenols is 2. The minimum absolute atomic E-state index is 0.120. The molecule has 0 aromatic heterocycles. The van der Waals surface area contributed by atoms with E-state index in [1.807, 2.05) is 0 Å². The zero-order valence-corrected chi connectivity index (χ0v) is 10.5. The fourth-order valence-corrected chi connectivity index (χ4v) is 1.97. The van der Waals surface area contributed by atoms with Gasteiger partial charge >= 0.3 is 5.97 Å². The molecular formula is C15H8N2O4. The Hall–Kier alpha value is -3.51. The maximum Gasteiger partial charge on any atom is 0.338 e. The second-order valence-electron chi connectivity index (χ2n) is 4.14. The number of phenolic OH excluding ortho intramolecular Hbond substituents is 2. The summed E-state index contributed by atoms with van der Waals surface area (Å²) in [5, 5.41) is 46.1. The van der Waals surface area contributed by atoms with E-state index < -0.39 is 11.7 Å². The van der Waals surface area contributed by atoms with Crippen molar-refractivity contribution in [1.82, 2.24) is 0 Å². The van der Waals surface area contributed by atoms with Crippen LogP contribution in [0.5, 0.6) is 11.5 Å².